The molecule has 0 aliphatic heterocycles. The van der Waals surface area contributed by atoms with Crippen molar-refractivity contribution in [2.24, 2.45) is 0 Å². The Morgan fingerprint density at radius 1 is 1.23 bits per heavy atom. The van der Waals surface area contributed by atoms with E-state index in [0.717, 1.165) is 45.6 Å². The third-order valence-electron chi connectivity index (χ3n) is 4.94. The summed E-state index contributed by atoms with van der Waals surface area (Å²) >= 11 is 3.37. The number of thiazole rings is 1. The first-order valence-corrected chi connectivity index (χ1v) is 11.9. The Bertz CT molecular complexity index is 1210. The Labute approximate surface area is 187 Å². The van der Waals surface area contributed by atoms with Crippen LogP contribution in [0.3, 0.4) is 0 Å². The van der Waals surface area contributed by atoms with Crippen molar-refractivity contribution in [1.82, 2.24) is 25.2 Å². The van der Waals surface area contributed by atoms with Crippen LogP contribution < -0.4 is 5.32 Å². The van der Waals surface area contributed by atoms with Gasteiger partial charge in [-0.25, -0.2) is 9.67 Å². The molecular weight excluding hydrogens is 428 g/mol. The van der Waals surface area contributed by atoms with Gasteiger partial charge in [0.2, 0.25) is 0 Å². The highest BCUT2D eigenvalue weighted by molar-refractivity contribution is 8.00. The van der Waals surface area contributed by atoms with E-state index in [2.05, 4.69) is 31.2 Å². The van der Waals surface area contributed by atoms with Crippen molar-refractivity contribution >= 4 is 34.7 Å². The van der Waals surface area contributed by atoms with E-state index in [1.165, 1.54) is 0 Å². The van der Waals surface area contributed by atoms with Gasteiger partial charge in [-0.1, -0.05) is 36.0 Å². The molecule has 1 aliphatic rings. The number of rotatable bonds is 7. The molecule has 1 aliphatic carbocycles. The van der Waals surface area contributed by atoms with Crippen LogP contribution >= 0.6 is 23.1 Å². The molecule has 1 saturated carbocycles. The zero-order chi connectivity index (χ0) is 21.2. The van der Waals surface area contributed by atoms with E-state index in [1.54, 1.807) is 23.1 Å². The minimum Gasteiger partial charge on any atom is -0.322 e. The zero-order valence-corrected chi connectivity index (χ0v) is 18.5. The molecule has 5 rings (SSSR count). The first-order valence-electron chi connectivity index (χ1n) is 9.99. The molecule has 31 heavy (non-hydrogen) atoms. The van der Waals surface area contributed by atoms with Gasteiger partial charge < -0.3 is 5.32 Å². The van der Waals surface area contributed by atoms with Crippen molar-refractivity contribution in [2.45, 2.75) is 35.9 Å². The summed E-state index contributed by atoms with van der Waals surface area (Å²) in [6, 6.07) is 15.7. The first kappa shape index (κ1) is 19.9. The molecule has 0 bridgehead atoms. The van der Waals surface area contributed by atoms with Gasteiger partial charge in [0, 0.05) is 33.6 Å². The predicted octanol–water partition coefficient (Wildman–Crippen LogP) is 4.98. The van der Waals surface area contributed by atoms with E-state index < -0.39 is 0 Å². The van der Waals surface area contributed by atoms with Crippen LogP contribution in [0.1, 0.15) is 40.5 Å². The summed E-state index contributed by atoms with van der Waals surface area (Å²) in [6.45, 7) is 2.00. The Hall–Kier alpha value is -3.04. The van der Waals surface area contributed by atoms with E-state index in [1.807, 2.05) is 60.1 Å². The van der Waals surface area contributed by atoms with Crippen molar-refractivity contribution in [1.29, 1.82) is 0 Å². The molecule has 9 heteroatoms. The Balaban J connectivity index is 1.24. The lowest BCUT2D eigenvalue weighted by Crippen LogP contribution is -2.12. The number of anilines is 1. The van der Waals surface area contributed by atoms with Crippen molar-refractivity contribution in [3.8, 4) is 11.4 Å². The van der Waals surface area contributed by atoms with Gasteiger partial charge in [0.25, 0.3) is 5.91 Å². The van der Waals surface area contributed by atoms with Crippen LogP contribution in [0.15, 0.2) is 58.3 Å². The molecular formula is C22H20N6OS2. The van der Waals surface area contributed by atoms with Crippen LogP contribution in [0.2, 0.25) is 0 Å². The third-order valence-corrected chi connectivity index (χ3v) is 7.15. The quantitative estimate of drug-likeness (QED) is 0.401. The molecule has 2 aromatic carbocycles. The summed E-state index contributed by atoms with van der Waals surface area (Å²) in [5.74, 6) is 1.41. The number of nitrogens with one attached hydrogen (secondary N) is 1. The first-order chi connectivity index (χ1) is 15.2. The third kappa shape index (κ3) is 4.67. The fourth-order valence-electron chi connectivity index (χ4n) is 3.18. The van der Waals surface area contributed by atoms with E-state index in [-0.39, 0.29) is 5.91 Å². The molecule has 1 N–H and O–H groups in total. The molecule has 0 atom stereocenters. The van der Waals surface area contributed by atoms with Gasteiger partial charge in [-0.2, -0.15) is 0 Å². The van der Waals surface area contributed by atoms with Crippen LogP contribution in [0.5, 0.6) is 0 Å². The molecule has 0 spiro atoms. The standard InChI is InChI=1S/C22H20N6OS2/c1-14-12-30-22(23-14)31-13-15-5-7-16(8-6-15)21(29)24-18-4-2-3-17(11-18)20-25-26-27-28(20)19-9-10-19/h2-8,11-12,19H,9-10,13H2,1H3,(H,24,29). The highest BCUT2D eigenvalue weighted by Crippen LogP contribution is 2.36. The van der Waals surface area contributed by atoms with Gasteiger partial charge in [-0.05, 0) is 60.0 Å². The number of hydrogen-bond acceptors (Lipinski definition) is 7. The molecule has 2 aromatic heterocycles. The van der Waals surface area contributed by atoms with Gasteiger partial charge in [0.05, 0.1) is 6.04 Å². The second-order valence-corrected chi connectivity index (χ2v) is 9.53. The number of amides is 1. The number of carbonyl (C=O) groups excluding carboxylic acids is 1. The lowest BCUT2D eigenvalue weighted by atomic mass is 10.1. The summed E-state index contributed by atoms with van der Waals surface area (Å²) in [5, 5.41) is 17.1. The van der Waals surface area contributed by atoms with E-state index in [0.29, 0.717) is 17.3 Å². The molecule has 156 valence electrons. The summed E-state index contributed by atoms with van der Waals surface area (Å²) in [7, 11) is 0. The van der Waals surface area contributed by atoms with Crippen LogP contribution in [-0.2, 0) is 5.75 Å². The average molecular weight is 449 g/mol. The van der Waals surface area contributed by atoms with Crippen molar-refractivity contribution < 1.29 is 4.79 Å². The Morgan fingerprint density at radius 3 is 2.81 bits per heavy atom. The molecule has 1 amide bonds. The number of benzene rings is 2. The van der Waals surface area contributed by atoms with E-state index >= 15 is 0 Å². The summed E-state index contributed by atoms with van der Waals surface area (Å²) in [5.41, 5.74) is 4.43. The maximum atomic E-state index is 12.7. The molecule has 0 saturated heterocycles. The molecule has 4 aromatic rings. The lowest BCUT2D eigenvalue weighted by molar-refractivity contribution is 0.102. The number of thioether (sulfide) groups is 1. The largest absolute Gasteiger partial charge is 0.322 e. The van der Waals surface area contributed by atoms with Crippen LogP contribution in [0.25, 0.3) is 11.4 Å². The van der Waals surface area contributed by atoms with Crippen LogP contribution in [-0.4, -0.2) is 31.1 Å². The summed E-state index contributed by atoms with van der Waals surface area (Å²) < 4.78 is 2.93. The number of aryl methyl sites for hydroxylation is 1. The zero-order valence-electron chi connectivity index (χ0n) is 16.9. The number of nitrogens with zero attached hydrogens (tertiary/aromatic N) is 5. The molecule has 0 radical (unpaired) electrons. The van der Waals surface area contributed by atoms with Crippen LogP contribution in [0, 0.1) is 6.92 Å². The molecule has 1 fully saturated rings. The Kier molecular flexibility index (Phi) is 5.52. The van der Waals surface area contributed by atoms with E-state index in [4.69, 9.17) is 0 Å². The van der Waals surface area contributed by atoms with Gasteiger partial charge in [0.1, 0.15) is 4.34 Å². The topological polar surface area (TPSA) is 85.6 Å². The maximum Gasteiger partial charge on any atom is 0.255 e. The van der Waals surface area contributed by atoms with Gasteiger partial charge in [0.15, 0.2) is 5.82 Å². The van der Waals surface area contributed by atoms with Crippen LogP contribution in [0.4, 0.5) is 5.69 Å². The smallest absolute Gasteiger partial charge is 0.255 e. The predicted molar refractivity (Wildman–Crippen MR) is 122 cm³/mol. The highest BCUT2D eigenvalue weighted by Gasteiger charge is 2.28. The number of aromatic nitrogens is 5. The SMILES string of the molecule is Cc1csc(SCc2ccc(C(=O)Nc3cccc(-c4nnnn4C4CC4)c3)cc2)n1. The van der Waals surface area contributed by atoms with Gasteiger partial charge in [-0.3, -0.25) is 4.79 Å². The fraction of sp³-hybridized carbons (Fsp3) is 0.227. The van der Waals surface area contributed by atoms with Crippen molar-refractivity contribution in [2.75, 3.05) is 5.32 Å². The van der Waals surface area contributed by atoms with Crippen molar-refractivity contribution in [3.05, 3.63) is 70.7 Å². The summed E-state index contributed by atoms with van der Waals surface area (Å²) in [6.07, 6.45) is 2.21. The summed E-state index contributed by atoms with van der Waals surface area (Å²) in [4.78, 5) is 17.2. The van der Waals surface area contributed by atoms with Crippen molar-refractivity contribution in [3.63, 3.8) is 0 Å². The normalized spacial score (nSPS) is 13.3. The van der Waals surface area contributed by atoms with E-state index in [9.17, 15) is 4.79 Å². The minimum atomic E-state index is -0.145. The number of carbonyl (C=O) groups is 1. The maximum absolute atomic E-state index is 12.7. The lowest BCUT2D eigenvalue weighted by Gasteiger charge is -2.08. The Morgan fingerprint density at radius 2 is 2.06 bits per heavy atom. The fourth-order valence-corrected chi connectivity index (χ4v) is 4.99. The second kappa shape index (κ2) is 8.60. The van der Waals surface area contributed by atoms with Gasteiger partial charge in [-0.15, -0.1) is 16.4 Å². The number of hydrogen-bond donors (Lipinski definition) is 1. The van der Waals surface area contributed by atoms with Gasteiger partial charge >= 0.3 is 0 Å². The monoisotopic (exact) mass is 448 g/mol. The molecule has 2 heterocycles. The average Bonchev–Trinajstić information content (AvgIpc) is 3.35. The molecule has 0 unspecified atom stereocenters. The second-order valence-electron chi connectivity index (χ2n) is 7.45. The molecule has 7 nitrogen and oxygen atoms in total. The number of tetrazole rings is 1. The minimum absolute atomic E-state index is 0.145. The highest BCUT2D eigenvalue weighted by atomic mass is 32.2.